The van der Waals surface area contributed by atoms with Gasteiger partial charge < -0.3 is 0 Å². The first-order valence-corrected chi connectivity index (χ1v) is 6.02. The van der Waals surface area contributed by atoms with Gasteiger partial charge in [-0.25, -0.2) is 4.98 Å². The molecule has 15 heavy (non-hydrogen) atoms. The summed E-state index contributed by atoms with van der Waals surface area (Å²) in [6.45, 7) is 1.99. The van der Waals surface area contributed by atoms with Crippen LogP contribution in [0.5, 0.6) is 0 Å². The van der Waals surface area contributed by atoms with Gasteiger partial charge in [-0.05, 0) is 18.9 Å². The summed E-state index contributed by atoms with van der Waals surface area (Å²) in [4.78, 5) is 5.50. The zero-order valence-electron chi connectivity index (χ0n) is 8.12. The van der Waals surface area contributed by atoms with Crippen LogP contribution >= 0.6 is 27.3 Å². The molecule has 0 spiro atoms. The number of thiazole rings is 1. The average molecular weight is 278 g/mol. The zero-order valence-corrected chi connectivity index (χ0v) is 10.5. The molecule has 0 atom stereocenters. The van der Waals surface area contributed by atoms with Crippen LogP contribution in [-0.4, -0.2) is 4.98 Å². The molecule has 0 unspecified atom stereocenters. The summed E-state index contributed by atoms with van der Waals surface area (Å²) in [5, 5.41) is 0.966. The molecule has 3 heteroatoms. The van der Waals surface area contributed by atoms with E-state index in [1.807, 2.05) is 31.2 Å². The van der Waals surface area contributed by atoms with Crippen LogP contribution in [0.4, 0.5) is 0 Å². The maximum atomic E-state index is 5.36. The first-order valence-electron chi connectivity index (χ1n) is 4.41. The van der Waals surface area contributed by atoms with Crippen molar-refractivity contribution in [3.8, 4) is 22.9 Å². The van der Waals surface area contributed by atoms with Gasteiger partial charge >= 0.3 is 0 Å². The van der Waals surface area contributed by atoms with E-state index < -0.39 is 0 Å². The van der Waals surface area contributed by atoms with Crippen LogP contribution in [0.3, 0.4) is 0 Å². The van der Waals surface area contributed by atoms with Crippen LogP contribution < -0.4 is 0 Å². The lowest BCUT2D eigenvalue weighted by molar-refractivity contribution is 1.33. The fraction of sp³-hybridized carbons (Fsp3) is 0.0833. The number of hydrogen-bond donors (Lipinski definition) is 0. The molecule has 1 heterocycles. The molecule has 2 rings (SSSR count). The lowest BCUT2D eigenvalue weighted by Gasteiger charge is -1.98. The molecular weight excluding hydrogens is 270 g/mol. The summed E-state index contributed by atoms with van der Waals surface area (Å²) >= 11 is 5.13. The highest BCUT2D eigenvalue weighted by molar-refractivity contribution is 9.10. The van der Waals surface area contributed by atoms with Gasteiger partial charge in [0.15, 0.2) is 0 Å². The van der Waals surface area contributed by atoms with Crippen molar-refractivity contribution in [1.82, 2.24) is 4.98 Å². The van der Waals surface area contributed by atoms with E-state index in [-0.39, 0.29) is 0 Å². The monoisotopic (exact) mass is 277 g/mol. The first kappa shape index (κ1) is 10.4. The van der Waals surface area contributed by atoms with Gasteiger partial charge in [0.05, 0.1) is 0 Å². The van der Waals surface area contributed by atoms with Crippen LogP contribution in [0, 0.1) is 19.3 Å². The van der Waals surface area contributed by atoms with Crippen molar-refractivity contribution in [2.24, 2.45) is 0 Å². The Kier molecular flexibility index (Phi) is 2.90. The van der Waals surface area contributed by atoms with E-state index in [0.29, 0.717) is 0 Å². The SMILES string of the molecule is C#Cc1nc(-c2ccccc2Br)sc1C. The second-order valence-electron chi connectivity index (χ2n) is 3.05. The van der Waals surface area contributed by atoms with Crippen LogP contribution in [0.15, 0.2) is 28.7 Å². The Morgan fingerprint density at radius 3 is 2.73 bits per heavy atom. The van der Waals surface area contributed by atoms with Crippen LogP contribution in [-0.2, 0) is 0 Å². The molecule has 0 N–H and O–H groups in total. The van der Waals surface area contributed by atoms with Crippen LogP contribution in [0.2, 0.25) is 0 Å². The quantitative estimate of drug-likeness (QED) is 0.722. The van der Waals surface area contributed by atoms with Crippen molar-refractivity contribution >= 4 is 27.3 Å². The third kappa shape index (κ3) is 1.97. The maximum absolute atomic E-state index is 5.36. The first-order chi connectivity index (χ1) is 7.22. The molecule has 0 aliphatic rings. The average Bonchev–Trinajstić information content (AvgIpc) is 2.60. The molecule has 2 aromatic rings. The molecule has 0 fully saturated rings. The molecule has 74 valence electrons. The summed E-state index contributed by atoms with van der Waals surface area (Å²) in [7, 11) is 0. The highest BCUT2D eigenvalue weighted by atomic mass is 79.9. The third-order valence-electron chi connectivity index (χ3n) is 2.04. The summed E-state index contributed by atoms with van der Waals surface area (Å²) in [5.41, 5.74) is 1.83. The summed E-state index contributed by atoms with van der Waals surface area (Å²) in [6.07, 6.45) is 5.36. The van der Waals surface area contributed by atoms with E-state index in [1.54, 1.807) is 11.3 Å². The Hall–Kier alpha value is -1.11. The number of nitrogens with zero attached hydrogens (tertiary/aromatic N) is 1. The normalized spacial score (nSPS) is 9.93. The van der Waals surface area contributed by atoms with Gasteiger partial charge in [-0.3, -0.25) is 0 Å². The molecule has 0 aliphatic carbocycles. The fourth-order valence-electron chi connectivity index (χ4n) is 1.28. The minimum absolute atomic E-state index is 0.741. The number of rotatable bonds is 1. The molecule has 0 bridgehead atoms. The topological polar surface area (TPSA) is 12.9 Å². The number of benzene rings is 1. The second kappa shape index (κ2) is 4.18. The minimum Gasteiger partial charge on any atom is -0.227 e. The third-order valence-corrected chi connectivity index (χ3v) is 3.73. The van der Waals surface area contributed by atoms with Gasteiger partial charge in [-0.1, -0.05) is 34.1 Å². The molecule has 0 saturated carbocycles. The van der Waals surface area contributed by atoms with Gasteiger partial charge in [0.2, 0.25) is 0 Å². The minimum atomic E-state index is 0.741. The molecule has 0 saturated heterocycles. The lowest BCUT2D eigenvalue weighted by atomic mass is 10.2. The molecule has 1 aromatic heterocycles. The summed E-state index contributed by atoms with van der Waals surface area (Å²) in [5.74, 6) is 2.59. The van der Waals surface area contributed by atoms with Crippen molar-refractivity contribution in [3.63, 3.8) is 0 Å². The predicted octanol–water partition coefficient (Wildman–Crippen LogP) is 3.86. The van der Waals surface area contributed by atoms with Gasteiger partial charge in [0.25, 0.3) is 0 Å². The summed E-state index contributed by atoms with van der Waals surface area (Å²) < 4.78 is 1.04. The smallest absolute Gasteiger partial charge is 0.127 e. The van der Waals surface area contributed by atoms with Crippen LogP contribution in [0.25, 0.3) is 10.6 Å². The van der Waals surface area contributed by atoms with Crippen molar-refractivity contribution < 1.29 is 0 Å². The van der Waals surface area contributed by atoms with Crippen molar-refractivity contribution in [2.75, 3.05) is 0 Å². The summed E-state index contributed by atoms with van der Waals surface area (Å²) in [6, 6.07) is 8.01. The number of terminal acetylenes is 1. The fourth-order valence-corrected chi connectivity index (χ4v) is 2.80. The Labute approximate surface area is 101 Å². The Morgan fingerprint density at radius 1 is 1.40 bits per heavy atom. The Morgan fingerprint density at radius 2 is 2.13 bits per heavy atom. The van der Waals surface area contributed by atoms with Crippen molar-refractivity contribution in [1.29, 1.82) is 0 Å². The van der Waals surface area contributed by atoms with Crippen molar-refractivity contribution in [3.05, 3.63) is 39.3 Å². The Balaban J connectivity index is 2.56. The van der Waals surface area contributed by atoms with E-state index in [0.717, 1.165) is 25.6 Å². The highest BCUT2D eigenvalue weighted by Gasteiger charge is 2.09. The maximum Gasteiger partial charge on any atom is 0.127 e. The molecular formula is C12H8BrNS. The van der Waals surface area contributed by atoms with E-state index in [1.165, 1.54) is 0 Å². The molecule has 0 aliphatic heterocycles. The number of aryl methyl sites for hydroxylation is 1. The molecule has 0 radical (unpaired) electrons. The van der Waals surface area contributed by atoms with Gasteiger partial charge in [-0.15, -0.1) is 17.8 Å². The number of aromatic nitrogens is 1. The standard InChI is InChI=1S/C12H8BrNS/c1-3-11-8(2)15-12(14-11)9-6-4-5-7-10(9)13/h1,4-7H,2H3. The van der Waals surface area contributed by atoms with Crippen molar-refractivity contribution in [2.45, 2.75) is 6.92 Å². The van der Waals surface area contributed by atoms with E-state index >= 15 is 0 Å². The van der Waals surface area contributed by atoms with E-state index in [9.17, 15) is 0 Å². The van der Waals surface area contributed by atoms with Crippen LogP contribution in [0.1, 0.15) is 10.6 Å². The van der Waals surface area contributed by atoms with Gasteiger partial charge in [-0.2, -0.15) is 0 Å². The largest absolute Gasteiger partial charge is 0.227 e. The predicted molar refractivity (Wildman–Crippen MR) is 67.9 cm³/mol. The lowest BCUT2D eigenvalue weighted by Crippen LogP contribution is -1.79. The molecule has 1 nitrogen and oxygen atoms in total. The molecule has 1 aromatic carbocycles. The Bertz CT molecular complexity index is 537. The van der Waals surface area contributed by atoms with E-state index in [4.69, 9.17) is 6.42 Å². The highest BCUT2D eigenvalue weighted by Crippen LogP contribution is 2.32. The zero-order chi connectivity index (χ0) is 10.8. The van der Waals surface area contributed by atoms with Gasteiger partial charge in [0, 0.05) is 14.9 Å². The second-order valence-corrected chi connectivity index (χ2v) is 5.11. The number of hydrogen-bond acceptors (Lipinski definition) is 2. The van der Waals surface area contributed by atoms with E-state index in [2.05, 4.69) is 26.8 Å². The number of halogens is 1. The van der Waals surface area contributed by atoms with Gasteiger partial charge in [0.1, 0.15) is 10.7 Å². The molecule has 0 amide bonds.